The first-order valence-electron chi connectivity index (χ1n) is 11.4. The van der Waals surface area contributed by atoms with Gasteiger partial charge in [0.2, 0.25) is 11.9 Å². The number of nitrogens with zero attached hydrogens (tertiary/aromatic N) is 4. The molecule has 0 N–H and O–H groups in total. The molecule has 1 aliphatic carbocycles. The lowest BCUT2D eigenvalue weighted by atomic mass is 9.94. The van der Waals surface area contributed by atoms with Crippen molar-refractivity contribution in [2.75, 3.05) is 44.3 Å². The number of benzene rings is 1. The number of amides is 1. The first-order valence-corrected chi connectivity index (χ1v) is 11.4. The molecule has 156 valence electrons. The van der Waals surface area contributed by atoms with Crippen molar-refractivity contribution in [1.29, 1.82) is 0 Å². The van der Waals surface area contributed by atoms with Crippen LogP contribution in [0.15, 0.2) is 24.3 Å². The summed E-state index contributed by atoms with van der Waals surface area (Å²) in [5.74, 6) is 1.46. The molecule has 2 saturated heterocycles. The van der Waals surface area contributed by atoms with Crippen LogP contribution in [0.5, 0.6) is 0 Å². The molecule has 0 bridgehead atoms. The van der Waals surface area contributed by atoms with Gasteiger partial charge in [-0.1, -0.05) is 31.4 Å². The van der Waals surface area contributed by atoms with E-state index >= 15 is 0 Å². The highest BCUT2D eigenvalue weighted by molar-refractivity contribution is 5.81. The van der Waals surface area contributed by atoms with E-state index in [0.717, 1.165) is 50.5 Å². The number of imidazole rings is 1. The summed E-state index contributed by atoms with van der Waals surface area (Å²) in [5.41, 5.74) is 2.32. The molecule has 0 spiro atoms. The fraction of sp³-hybridized carbons (Fsp3) is 0.652. The Bertz CT molecular complexity index is 852. The lowest BCUT2D eigenvalue weighted by Gasteiger charge is -2.37. The fourth-order valence-corrected chi connectivity index (χ4v) is 5.36. The average Bonchev–Trinajstić information content (AvgIpc) is 3.19. The lowest BCUT2D eigenvalue weighted by molar-refractivity contribution is -0.139. The van der Waals surface area contributed by atoms with Gasteiger partial charge in [0, 0.05) is 32.2 Å². The van der Waals surface area contributed by atoms with Crippen LogP contribution in [-0.4, -0.2) is 59.8 Å². The number of anilines is 1. The summed E-state index contributed by atoms with van der Waals surface area (Å²) in [6, 6.07) is 9.06. The van der Waals surface area contributed by atoms with E-state index < -0.39 is 0 Å². The van der Waals surface area contributed by atoms with Gasteiger partial charge in [-0.3, -0.25) is 4.79 Å². The standard InChI is InChI=1S/C23H32N4O2/c28-22(25-13-15-29-16-14-25)18-7-6-12-26(17-18)23-24-20-10-4-5-11-21(20)27(23)19-8-2-1-3-9-19/h4-5,10-11,18-19H,1-3,6-9,12-17H2/t18-/m1/s1. The van der Waals surface area contributed by atoms with Gasteiger partial charge in [0.1, 0.15) is 0 Å². The summed E-state index contributed by atoms with van der Waals surface area (Å²) >= 11 is 0. The van der Waals surface area contributed by atoms with Crippen molar-refractivity contribution < 1.29 is 9.53 Å². The molecule has 6 heteroatoms. The first-order chi connectivity index (χ1) is 14.3. The Morgan fingerprint density at radius 2 is 1.76 bits per heavy atom. The third kappa shape index (κ3) is 3.75. The molecule has 29 heavy (non-hydrogen) atoms. The Labute approximate surface area is 172 Å². The minimum Gasteiger partial charge on any atom is -0.378 e. The molecule has 0 unspecified atom stereocenters. The molecule has 1 aromatic heterocycles. The summed E-state index contributed by atoms with van der Waals surface area (Å²) < 4.78 is 7.92. The highest BCUT2D eigenvalue weighted by Gasteiger charge is 2.33. The molecule has 3 heterocycles. The van der Waals surface area contributed by atoms with Gasteiger partial charge in [0.25, 0.3) is 0 Å². The number of ether oxygens (including phenoxy) is 1. The number of morpholine rings is 1. The molecule has 5 rings (SSSR count). The van der Waals surface area contributed by atoms with Crippen LogP contribution in [-0.2, 0) is 9.53 Å². The van der Waals surface area contributed by atoms with E-state index in [0.29, 0.717) is 25.2 Å². The average molecular weight is 397 g/mol. The summed E-state index contributed by atoms with van der Waals surface area (Å²) in [4.78, 5) is 22.6. The Morgan fingerprint density at radius 3 is 2.59 bits per heavy atom. The number of para-hydroxylation sites is 2. The Kier molecular flexibility index (Phi) is 5.44. The van der Waals surface area contributed by atoms with Crippen molar-refractivity contribution in [1.82, 2.24) is 14.5 Å². The van der Waals surface area contributed by atoms with Crippen molar-refractivity contribution in [3.63, 3.8) is 0 Å². The largest absolute Gasteiger partial charge is 0.378 e. The number of hydrogen-bond acceptors (Lipinski definition) is 4. The maximum atomic E-state index is 13.1. The fourth-order valence-electron chi connectivity index (χ4n) is 5.36. The quantitative estimate of drug-likeness (QED) is 0.795. The predicted molar refractivity (Wildman–Crippen MR) is 114 cm³/mol. The van der Waals surface area contributed by atoms with E-state index in [-0.39, 0.29) is 5.92 Å². The van der Waals surface area contributed by atoms with Crippen LogP contribution in [0.3, 0.4) is 0 Å². The smallest absolute Gasteiger partial charge is 0.227 e. The Morgan fingerprint density at radius 1 is 0.966 bits per heavy atom. The van der Waals surface area contributed by atoms with E-state index in [1.807, 2.05) is 4.90 Å². The second-order valence-electron chi connectivity index (χ2n) is 8.79. The zero-order chi connectivity index (χ0) is 19.6. The summed E-state index contributed by atoms with van der Waals surface area (Å²) in [6.07, 6.45) is 8.45. The second kappa shape index (κ2) is 8.34. The molecule has 1 amide bonds. The molecular formula is C23H32N4O2. The van der Waals surface area contributed by atoms with Crippen LogP contribution in [0.2, 0.25) is 0 Å². The minimum atomic E-state index is 0.0708. The maximum absolute atomic E-state index is 13.1. The lowest BCUT2D eigenvalue weighted by Crippen LogP contribution is -2.49. The molecule has 1 aromatic carbocycles. The van der Waals surface area contributed by atoms with Crippen molar-refractivity contribution >= 4 is 22.9 Å². The number of fused-ring (bicyclic) bond motifs is 1. The van der Waals surface area contributed by atoms with Gasteiger partial charge in [0.05, 0.1) is 30.2 Å². The highest BCUT2D eigenvalue weighted by atomic mass is 16.5. The molecule has 1 atom stereocenters. The predicted octanol–water partition coefficient (Wildman–Crippen LogP) is 3.62. The van der Waals surface area contributed by atoms with E-state index in [1.54, 1.807) is 0 Å². The van der Waals surface area contributed by atoms with Crippen LogP contribution in [0.25, 0.3) is 11.0 Å². The van der Waals surface area contributed by atoms with Gasteiger partial charge < -0.3 is 19.1 Å². The van der Waals surface area contributed by atoms with Crippen molar-refractivity contribution in [3.05, 3.63) is 24.3 Å². The van der Waals surface area contributed by atoms with Gasteiger partial charge in [-0.2, -0.15) is 0 Å². The van der Waals surface area contributed by atoms with E-state index in [2.05, 4.69) is 33.7 Å². The SMILES string of the molecule is O=C([C@@H]1CCCN(c2nc3ccccc3n2C2CCCCC2)C1)N1CCOCC1. The number of rotatable bonds is 3. The molecule has 0 radical (unpaired) electrons. The number of aromatic nitrogens is 2. The molecule has 3 aliphatic rings. The van der Waals surface area contributed by atoms with Crippen LogP contribution < -0.4 is 4.90 Å². The topological polar surface area (TPSA) is 50.6 Å². The third-order valence-corrected chi connectivity index (χ3v) is 6.89. The summed E-state index contributed by atoms with van der Waals surface area (Å²) in [6.45, 7) is 4.57. The zero-order valence-corrected chi connectivity index (χ0v) is 17.3. The molecule has 1 saturated carbocycles. The summed E-state index contributed by atoms with van der Waals surface area (Å²) in [7, 11) is 0. The zero-order valence-electron chi connectivity index (χ0n) is 17.3. The van der Waals surface area contributed by atoms with Gasteiger partial charge >= 0.3 is 0 Å². The Balaban J connectivity index is 1.43. The second-order valence-corrected chi connectivity index (χ2v) is 8.79. The van der Waals surface area contributed by atoms with Crippen molar-refractivity contribution in [2.24, 2.45) is 5.92 Å². The van der Waals surface area contributed by atoms with Gasteiger partial charge in [-0.05, 0) is 37.8 Å². The molecule has 2 aromatic rings. The van der Waals surface area contributed by atoms with Crippen molar-refractivity contribution in [3.8, 4) is 0 Å². The number of hydrogen-bond donors (Lipinski definition) is 0. The Hall–Kier alpha value is -2.08. The number of piperidine rings is 1. The van der Waals surface area contributed by atoms with Crippen molar-refractivity contribution in [2.45, 2.75) is 51.0 Å². The normalized spacial score (nSPS) is 24.2. The van der Waals surface area contributed by atoms with Gasteiger partial charge in [0.15, 0.2) is 0 Å². The van der Waals surface area contributed by atoms with Crippen LogP contribution in [0.4, 0.5) is 5.95 Å². The third-order valence-electron chi connectivity index (χ3n) is 6.89. The minimum absolute atomic E-state index is 0.0708. The number of carbonyl (C=O) groups is 1. The highest BCUT2D eigenvalue weighted by Crippen LogP contribution is 2.36. The molecule has 3 fully saturated rings. The molecule has 6 nitrogen and oxygen atoms in total. The van der Waals surface area contributed by atoms with Crippen LogP contribution in [0.1, 0.15) is 51.0 Å². The first kappa shape index (κ1) is 18.9. The van der Waals surface area contributed by atoms with Gasteiger partial charge in [-0.25, -0.2) is 4.98 Å². The maximum Gasteiger partial charge on any atom is 0.227 e. The molecular weight excluding hydrogens is 364 g/mol. The monoisotopic (exact) mass is 396 g/mol. The van der Waals surface area contributed by atoms with Crippen LogP contribution in [0, 0.1) is 5.92 Å². The van der Waals surface area contributed by atoms with E-state index in [1.165, 1.54) is 37.6 Å². The molecule has 2 aliphatic heterocycles. The van der Waals surface area contributed by atoms with E-state index in [9.17, 15) is 4.79 Å². The van der Waals surface area contributed by atoms with Crippen LogP contribution >= 0.6 is 0 Å². The van der Waals surface area contributed by atoms with E-state index in [4.69, 9.17) is 9.72 Å². The summed E-state index contributed by atoms with van der Waals surface area (Å²) in [5, 5.41) is 0. The van der Waals surface area contributed by atoms with Gasteiger partial charge in [-0.15, -0.1) is 0 Å². The number of carbonyl (C=O) groups excluding carboxylic acids is 1.